The minimum atomic E-state index is 0.231. The number of fused-ring (bicyclic) bond motifs is 1. The summed E-state index contributed by atoms with van der Waals surface area (Å²) < 4.78 is 0. The Hall–Kier alpha value is -1.56. The third kappa shape index (κ3) is 1.80. The molecule has 0 saturated heterocycles. The minimum Gasteiger partial charge on any atom is -0.383 e. The van der Waals surface area contributed by atoms with Gasteiger partial charge in [0, 0.05) is 6.04 Å². The van der Waals surface area contributed by atoms with Crippen molar-refractivity contribution in [1.82, 2.24) is 20.2 Å². The highest BCUT2D eigenvalue weighted by Crippen LogP contribution is 2.24. The van der Waals surface area contributed by atoms with Gasteiger partial charge in [-0.25, -0.2) is 4.98 Å². The topological polar surface area (TPSA) is 92.5 Å². The number of nitrogen functional groups attached to an aromatic ring is 1. The highest BCUT2D eigenvalue weighted by molar-refractivity contribution is 6.35. The molecule has 0 bridgehead atoms. The van der Waals surface area contributed by atoms with E-state index in [1.54, 1.807) is 0 Å². The normalized spacial score (nSPS) is 11.2. The molecule has 0 atom stereocenters. The number of aromatic amines is 1. The zero-order valence-corrected chi connectivity index (χ0v) is 9.13. The van der Waals surface area contributed by atoms with Gasteiger partial charge in [-0.15, -0.1) is 0 Å². The Balaban J connectivity index is 2.53. The molecule has 2 aromatic heterocycles. The second kappa shape index (κ2) is 3.54. The Morgan fingerprint density at radius 2 is 2.13 bits per heavy atom. The second-order valence-electron chi connectivity index (χ2n) is 3.47. The highest BCUT2D eigenvalue weighted by atomic mass is 35.5. The number of hydrogen-bond donors (Lipinski definition) is 3. The fourth-order valence-electron chi connectivity index (χ4n) is 1.23. The minimum absolute atomic E-state index is 0.231. The molecule has 0 aromatic carbocycles. The van der Waals surface area contributed by atoms with Gasteiger partial charge >= 0.3 is 0 Å². The van der Waals surface area contributed by atoms with Crippen LogP contribution in [0.1, 0.15) is 13.8 Å². The van der Waals surface area contributed by atoms with Gasteiger partial charge in [-0.2, -0.15) is 10.1 Å². The van der Waals surface area contributed by atoms with Crippen LogP contribution in [-0.4, -0.2) is 26.2 Å². The van der Waals surface area contributed by atoms with Gasteiger partial charge in [-0.05, 0) is 13.8 Å². The molecule has 4 N–H and O–H groups in total. The summed E-state index contributed by atoms with van der Waals surface area (Å²) in [5.74, 6) is 0.833. The number of nitrogens with zero attached hydrogens (tertiary/aromatic N) is 3. The monoisotopic (exact) mass is 226 g/mol. The molecule has 0 aliphatic carbocycles. The number of H-pyrrole nitrogens is 1. The van der Waals surface area contributed by atoms with Crippen LogP contribution in [-0.2, 0) is 0 Å². The van der Waals surface area contributed by atoms with Crippen molar-refractivity contribution in [2.75, 3.05) is 11.1 Å². The van der Waals surface area contributed by atoms with E-state index in [0.717, 1.165) is 0 Å². The average molecular weight is 227 g/mol. The van der Waals surface area contributed by atoms with E-state index in [1.165, 1.54) is 0 Å². The van der Waals surface area contributed by atoms with E-state index < -0.39 is 0 Å². The summed E-state index contributed by atoms with van der Waals surface area (Å²) in [5, 5.41) is 10.4. The van der Waals surface area contributed by atoms with Gasteiger partial charge in [0.15, 0.2) is 5.65 Å². The number of anilines is 2. The summed E-state index contributed by atoms with van der Waals surface area (Å²) in [6.07, 6.45) is 0. The predicted molar refractivity (Wildman–Crippen MR) is 59.9 cm³/mol. The van der Waals surface area contributed by atoms with Crippen molar-refractivity contribution in [2.24, 2.45) is 0 Å². The smallest absolute Gasteiger partial charge is 0.226 e. The van der Waals surface area contributed by atoms with Crippen molar-refractivity contribution >= 4 is 34.4 Å². The van der Waals surface area contributed by atoms with E-state index in [9.17, 15) is 0 Å². The first-order valence-electron chi connectivity index (χ1n) is 4.51. The molecule has 0 saturated carbocycles. The maximum absolute atomic E-state index is 5.96. The van der Waals surface area contributed by atoms with Crippen LogP contribution in [0.4, 0.5) is 11.8 Å². The summed E-state index contributed by atoms with van der Waals surface area (Å²) in [6.45, 7) is 3.97. The van der Waals surface area contributed by atoms with Gasteiger partial charge in [0.05, 0.1) is 0 Å². The molecule has 2 rings (SSSR count). The van der Waals surface area contributed by atoms with Crippen molar-refractivity contribution in [3.8, 4) is 0 Å². The summed E-state index contributed by atoms with van der Waals surface area (Å²) in [4.78, 5) is 8.25. The molecule has 0 fully saturated rings. The van der Waals surface area contributed by atoms with Crippen LogP contribution in [0.15, 0.2) is 0 Å². The fraction of sp³-hybridized carbons (Fsp3) is 0.375. The maximum Gasteiger partial charge on any atom is 0.226 e. The van der Waals surface area contributed by atoms with Gasteiger partial charge in [0.25, 0.3) is 0 Å². The summed E-state index contributed by atoms with van der Waals surface area (Å²) in [7, 11) is 0. The summed E-state index contributed by atoms with van der Waals surface area (Å²) >= 11 is 5.96. The van der Waals surface area contributed by atoms with Crippen molar-refractivity contribution in [3.05, 3.63) is 5.15 Å². The van der Waals surface area contributed by atoms with Gasteiger partial charge in [-0.3, -0.25) is 5.10 Å². The third-order valence-corrected chi connectivity index (χ3v) is 2.09. The Labute approximate surface area is 91.2 Å². The molecular formula is C8H11ClN6. The van der Waals surface area contributed by atoms with Crippen LogP contribution >= 0.6 is 11.6 Å². The Morgan fingerprint density at radius 3 is 2.80 bits per heavy atom. The predicted octanol–water partition coefficient (Wildman–Crippen LogP) is 1.41. The van der Waals surface area contributed by atoms with Crippen LogP contribution in [0.2, 0.25) is 5.15 Å². The van der Waals surface area contributed by atoms with Crippen LogP contribution in [0.25, 0.3) is 11.0 Å². The average Bonchev–Trinajstić information content (AvgIpc) is 2.46. The number of rotatable bonds is 2. The summed E-state index contributed by atoms with van der Waals surface area (Å²) in [6, 6.07) is 0.231. The number of nitrogens with two attached hydrogens (primary N) is 1. The molecule has 0 radical (unpaired) electrons. The zero-order chi connectivity index (χ0) is 11.0. The fourth-order valence-corrected chi connectivity index (χ4v) is 1.49. The molecule has 2 aromatic rings. The van der Waals surface area contributed by atoms with Crippen molar-refractivity contribution in [1.29, 1.82) is 0 Å². The van der Waals surface area contributed by atoms with Gasteiger partial charge < -0.3 is 11.1 Å². The molecule has 80 valence electrons. The van der Waals surface area contributed by atoms with Gasteiger partial charge in [0.1, 0.15) is 16.4 Å². The molecule has 6 nitrogen and oxygen atoms in total. The lowest BCUT2D eigenvalue weighted by Gasteiger charge is -2.07. The van der Waals surface area contributed by atoms with E-state index >= 15 is 0 Å². The summed E-state index contributed by atoms with van der Waals surface area (Å²) in [5.41, 5.74) is 6.09. The number of aromatic nitrogens is 4. The molecule has 0 unspecified atom stereocenters. The molecule has 2 heterocycles. The first kappa shape index (κ1) is 9.97. The van der Waals surface area contributed by atoms with Crippen molar-refractivity contribution in [3.63, 3.8) is 0 Å². The number of nitrogens with one attached hydrogen (secondary N) is 2. The van der Waals surface area contributed by atoms with Gasteiger partial charge in [-0.1, -0.05) is 11.6 Å². The van der Waals surface area contributed by atoms with Crippen LogP contribution in [0.5, 0.6) is 0 Å². The first-order valence-corrected chi connectivity index (χ1v) is 4.89. The van der Waals surface area contributed by atoms with Crippen LogP contribution in [0, 0.1) is 0 Å². The SMILES string of the molecule is CC(C)Nc1nc(Cl)c2c(N)[nH]nc2n1. The van der Waals surface area contributed by atoms with Crippen molar-refractivity contribution in [2.45, 2.75) is 19.9 Å². The Morgan fingerprint density at radius 1 is 1.40 bits per heavy atom. The lowest BCUT2D eigenvalue weighted by Crippen LogP contribution is -2.12. The second-order valence-corrected chi connectivity index (χ2v) is 3.83. The van der Waals surface area contributed by atoms with Crippen LogP contribution < -0.4 is 11.1 Å². The van der Waals surface area contributed by atoms with Crippen LogP contribution in [0.3, 0.4) is 0 Å². The zero-order valence-electron chi connectivity index (χ0n) is 8.37. The molecule has 0 amide bonds. The molecule has 0 aliphatic heterocycles. The molecule has 0 spiro atoms. The standard InChI is InChI=1S/C8H11ClN6/c1-3(2)11-8-12-5(9)4-6(10)14-15-7(4)13-8/h3H,1-2H3,(H4,10,11,12,13,14,15). The van der Waals surface area contributed by atoms with E-state index in [4.69, 9.17) is 17.3 Å². The molecule has 15 heavy (non-hydrogen) atoms. The van der Waals surface area contributed by atoms with E-state index in [2.05, 4.69) is 25.5 Å². The van der Waals surface area contributed by atoms with Crippen molar-refractivity contribution < 1.29 is 0 Å². The lowest BCUT2D eigenvalue weighted by molar-refractivity contribution is 0.877. The molecule has 7 heteroatoms. The molecule has 0 aliphatic rings. The number of hydrogen-bond acceptors (Lipinski definition) is 5. The quantitative estimate of drug-likeness (QED) is 0.674. The van der Waals surface area contributed by atoms with E-state index in [-0.39, 0.29) is 6.04 Å². The largest absolute Gasteiger partial charge is 0.383 e. The van der Waals surface area contributed by atoms with E-state index in [1.807, 2.05) is 13.8 Å². The highest BCUT2D eigenvalue weighted by Gasteiger charge is 2.11. The molecular weight excluding hydrogens is 216 g/mol. The lowest BCUT2D eigenvalue weighted by atomic mass is 10.4. The Kier molecular flexibility index (Phi) is 2.36. The van der Waals surface area contributed by atoms with Gasteiger partial charge in [0.2, 0.25) is 5.95 Å². The first-order chi connectivity index (χ1) is 7.08. The maximum atomic E-state index is 5.96. The van der Waals surface area contributed by atoms with E-state index in [0.29, 0.717) is 28.0 Å². The Bertz CT molecular complexity index is 491. The number of halogens is 1. The third-order valence-electron chi connectivity index (χ3n) is 1.82.